The average Bonchev–Trinajstić information content (AvgIpc) is 1.98. The maximum absolute atomic E-state index is 9.39. The molecule has 0 heterocycles. The van der Waals surface area contributed by atoms with E-state index in [0.29, 0.717) is 0 Å². The van der Waals surface area contributed by atoms with Gasteiger partial charge in [-0.1, -0.05) is 0 Å². The summed E-state index contributed by atoms with van der Waals surface area (Å²) < 4.78 is 0. The molecule has 1 N–H and O–H groups in total. The van der Waals surface area contributed by atoms with E-state index in [1.165, 1.54) is 0 Å². The van der Waals surface area contributed by atoms with Crippen LogP contribution < -0.4 is 0 Å². The van der Waals surface area contributed by atoms with E-state index in [-0.39, 0.29) is 6.61 Å². The lowest BCUT2D eigenvalue weighted by molar-refractivity contribution is -0.0425. The van der Waals surface area contributed by atoms with Crippen molar-refractivity contribution in [3.8, 4) is 0 Å². The quantitative estimate of drug-likeness (QED) is 0.415. The van der Waals surface area contributed by atoms with Gasteiger partial charge in [0.05, 0.1) is 6.61 Å². The Kier molecular flexibility index (Phi) is 5.16. The Hall–Kier alpha value is -1.24. The van der Waals surface area contributed by atoms with Gasteiger partial charge in [0.2, 0.25) is 0 Å². The van der Waals surface area contributed by atoms with Gasteiger partial charge in [-0.2, -0.15) is 0 Å². The number of aliphatic hydroxyl groups is 1. The van der Waals surface area contributed by atoms with Crippen LogP contribution in [-0.2, 0) is 9.68 Å². The summed E-state index contributed by atoms with van der Waals surface area (Å²) in [5.74, 6) is 0. The zero-order chi connectivity index (χ0) is 7.82. The fourth-order valence-electron chi connectivity index (χ4n) is 0.291. The van der Waals surface area contributed by atoms with Crippen LogP contribution in [-0.4, -0.2) is 24.4 Å². The second kappa shape index (κ2) is 5.89. The molecule has 0 aromatic rings. The van der Waals surface area contributed by atoms with Crippen molar-refractivity contribution in [3.63, 3.8) is 0 Å². The first-order valence-electron chi connectivity index (χ1n) is 2.39. The van der Waals surface area contributed by atoms with Crippen molar-refractivity contribution in [1.29, 1.82) is 0 Å². The van der Waals surface area contributed by atoms with Crippen LogP contribution in [0, 0.1) is 9.81 Å². The number of nitrogens with zero attached hydrogens (tertiary/aromatic N) is 2. The zero-order valence-corrected chi connectivity index (χ0v) is 4.97. The molecule has 0 aliphatic carbocycles. The Labute approximate surface area is 55.8 Å². The molecule has 0 bridgehead atoms. The normalized spacial score (nSPS) is 11.7. The summed E-state index contributed by atoms with van der Waals surface area (Å²) in [6.07, 6.45) is -0.921. The number of rotatable bonds is 6. The maximum Gasteiger partial charge on any atom is 0.190 e. The molecule has 0 aliphatic rings. The van der Waals surface area contributed by atoms with E-state index in [2.05, 4.69) is 9.68 Å². The number of hydrogen-bond donors (Lipinski definition) is 1. The second-order valence-electron chi connectivity index (χ2n) is 1.35. The van der Waals surface area contributed by atoms with E-state index in [0.717, 1.165) is 0 Å². The predicted molar refractivity (Wildman–Crippen MR) is 29.5 cm³/mol. The summed E-state index contributed by atoms with van der Waals surface area (Å²) in [6, 6.07) is 0. The van der Waals surface area contributed by atoms with Gasteiger partial charge < -0.3 is 14.8 Å². The van der Waals surface area contributed by atoms with Crippen molar-refractivity contribution >= 4 is 0 Å². The third-order valence-corrected chi connectivity index (χ3v) is 0.709. The highest BCUT2D eigenvalue weighted by molar-refractivity contribution is 4.50. The third-order valence-electron chi connectivity index (χ3n) is 0.709. The first-order chi connectivity index (χ1) is 4.85. The minimum absolute atomic E-state index is 0.286. The molecule has 0 spiro atoms. The third kappa shape index (κ3) is 3.72. The van der Waals surface area contributed by atoms with E-state index in [1.54, 1.807) is 0 Å². The van der Waals surface area contributed by atoms with Crippen LogP contribution in [0.5, 0.6) is 0 Å². The zero-order valence-electron chi connectivity index (χ0n) is 4.97. The van der Waals surface area contributed by atoms with Gasteiger partial charge in [0.25, 0.3) is 0 Å². The molecule has 0 rings (SSSR count). The summed E-state index contributed by atoms with van der Waals surface area (Å²) in [4.78, 5) is 26.6. The van der Waals surface area contributed by atoms with Crippen LogP contribution in [0.1, 0.15) is 0 Å². The van der Waals surface area contributed by atoms with Gasteiger partial charge in [0.1, 0.15) is 0 Å². The minimum Gasteiger partial charge on any atom is -0.392 e. The second-order valence-corrected chi connectivity index (χ2v) is 1.35. The molecule has 1 unspecified atom stereocenters. The molecule has 0 amide bonds. The van der Waals surface area contributed by atoms with E-state index >= 15 is 0 Å². The maximum atomic E-state index is 9.39. The summed E-state index contributed by atoms with van der Waals surface area (Å²) in [7, 11) is 0. The Morgan fingerprint density at radius 3 is 2.50 bits per heavy atom. The predicted octanol–water partition coefficient (Wildman–Crippen LogP) is -0.257. The lowest BCUT2D eigenvalue weighted by Crippen LogP contribution is -2.20. The fourth-order valence-corrected chi connectivity index (χ4v) is 0.291. The van der Waals surface area contributed by atoms with Crippen molar-refractivity contribution in [3.05, 3.63) is 9.81 Å². The van der Waals surface area contributed by atoms with Crippen LogP contribution in [0.2, 0.25) is 0 Å². The highest BCUT2D eigenvalue weighted by atomic mass is 16.8. The molecule has 7 heteroatoms. The Bertz CT molecular complexity index is 107. The smallest absolute Gasteiger partial charge is 0.190 e. The van der Waals surface area contributed by atoms with Crippen molar-refractivity contribution in [2.75, 3.05) is 13.2 Å². The van der Waals surface area contributed by atoms with Gasteiger partial charge in [0.15, 0.2) is 23.4 Å². The van der Waals surface area contributed by atoms with Crippen molar-refractivity contribution in [2.24, 2.45) is 10.7 Å². The van der Waals surface area contributed by atoms with Gasteiger partial charge in [-0.15, -0.1) is 9.81 Å². The molecule has 0 aromatic heterocycles. The highest BCUT2D eigenvalue weighted by Gasteiger charge is 2.09. The first-order valence-corrected chi connectivity index (χ1v) is 2.39. The van der Waals surface area contributed by atoms with Crippen molar-refractivity contribution in [2.45, 2.75) is 6.10 Å². The van der Waals surface area contributed by atoms with Crippen molar-refractivity contribution in [1.82, 2.24) is 0 Å². The van der Waals surface area contributed by atoms with Gasteiger partial charge in [-0.25, -0.2) is 0 Å². The summed E-state index contributed by atoms with van der Waals surface area (Å²) in [5.41, 5.74) is 0. The van der Waals surface area contributed by atoms with E-state index in [9.17, 15) is 9.81 Å². The Balaban J connectivity index is 3.38. The van der Waals surface area contributed by atoms with Gasteiger partial charge in [0, 0.05) is 0 Å². The molecular formula is C3H6N2O5. The van der Waals surface area contributed by atoms with Crippen molar-refractivity contribution < 1.29 is 14.8 Å². The van der Waals surface area contributed by atoms with Gasteiger partial charge in [-0.3, -0.25) is 0 Å². The molecule has 0 saturated carbocycles. The largest absolute Gasteiger partial charge is 0.392 e. The van der Waals surface area contributed by atoms with Crippen LogP contribution in [0.4, 0.5) is 0 Å². The lowest BCUT2D eigenvalue weighted by atomic mass is 10.4. The molecule has 7 nitrogen and oxygen atoms in total. The highest BCUT2D eigenvalue weighted by Crippen LogP contribution is 1.92. The Morgan fingerprint density at radius 1 is 1.40 bits per heavy atom. The molecule has 0 fully saturated rings. The monoisotopic (exact) mass is 150 g/mol. The molecule has 58 valence electrons. The molecule has 0 aliphatic heterocycles. The molecule has 0 saturated heterocycles. The lowest BCUT2D eigenvalue weighted by Gasteiger charge is -2.05. The van der Waals surface area contributed by atoms with Crippen LogP contribution >= 0.6 is 0 Å². The van der Waals surface area contributed by atoms with Crippen LogP contribution in [0.3, 0.4) is 0 Å². The summed E-state index contributed by atoms with van der Waals surface area (Å²) >= 11 is 0. The van der Waals surface area contributed by atoms with E-state index in [1.807, 2.05) is 10.7 Å². The van der Waals surface area contributed by atoms with E-state index < -0.39 is 12.7 Å². The van der Waals surface area contributed by atoms with Crippen LogP contribution in [0.15, 0.2) is 10.7 Å². The standard InChI is InChI=1S/C3H6N2O5/c6-1-3(10-5-8)2-9-4-7/h3,6H,1-2H2. The summed E-state index contributed by atoms with van der Waals surface area (Å²) in [6.45, 7) is -0.743. The Morgan fingerprint density at radius 2 is 2.10 bits per heavy atom. The van der Waals surface area contributed by atoms with Crippen LogP contribution in [0.25, 0.3) is 0 Å². The topological polar surface area (TPSA) is 97.6 Å². The first kappa shape index (κ1) is 8.76. The van der Waals surface area contributed by atoms with Gasteiger partial charge in [-0.05, 0) is 0 Å². The van der Waals surface area contributed by atoms with Gasteiger partial charge >= 0.3 is 0 Å². The molecule has 0 radical (unpaired) electrons. The molecule has 10 heavy (non-hydrogen) atoms. The number of hydrogen-bond acceptors (Lipinski definition) is 7. The van der Waals surface area contributed by atoms with E-state index in [4.69, 9.17) is 5.11 Å². The molecule has 0 aromatic carbocycles. The summed E-state index contributed by atoms with van der Waals surface area (Å²) in [5, 5.41) is 12.4. The average molecular weight is 150 g/mol. The minimum atomic E-state index is -0.921. The molecular weight excluding hydrogens is 144 g/mol. The number of aliphatic hydroxyl groups excluding tert-OH is 1. The molecule has 1 atom stereocenters. The fraction of sp³-hybridized carbons (Fsp3) is 1.00. The SMILES string of the molecule is O=NOCC(CO)ON=O.